The third kappa shape index (κ3) is 4.13. The van der Waals surface area contributed by atoms with Gasteiger partial charge in [0.1, 0.15) is 5.69 Å². The molecule has 0 fully saturated rings. The Hall–Kier alpha value is -1.75. The van der Waals surface area contributed by atoms with E-state index in [1.807, 2.05) is 25.1 Å². The van der Waals surface area contributed by atoms with Crippen molar-refractivity contribution in [1.29, 1.82) is 0 Å². The monoisotopic (exact) mass is 274 g/mol. The first-order chi connectivity index (χ1) is 9.69. The van der Waals surface area contributed by atoms with Gasteiger partial charge in [-0.3, -0.25) is 0 Å². The zero-order chi connectivity index (χ0) is 14.4. The Morgan fingerprint density at radius 1 is 1.30 bits per heavy atom. The van der Waals surface area contributed by atoms with Gasteiger partial charge in [0.25, 0.3) is 0 Å². The first kappa shape index (κ1) is 14.7. The zero-order valence-electron chi connectivity index (χ0n) is 12.4. The molecule has 2 rings (SSSR count). The van der Waals surface area contributed by atoms with Gasteiger partial charge in [0.15, 0.2) is 0 Å². The Kier molecular flexibility index (Phi) is 5.24. The second-order valence-electron chi connectivity index (χ2n) is 5.07. The Morgan fingerprint density at radius 2 is 2.15 bits per heavy atom. The number of hydrogen-bond acceptors (Lipinski definition) is 5. The second kappa shape index (κ2) is 7.14. The van der Waals surface area contributed by atoms with Crippen molar-refractivity contribution in [3.8, 4) is 11.5 Å². The number of aryl methyl sites for hydroxylation is 2. The maximum Gasteiger partial charge on any atom is 0.227 e. The van der Waals surface area contributed by atoms with Crippen molar-refractivity contribution < 1.29 is 4.52 Å². The molecular weight excluding hydrogens is 252 g/mol. The molecule has 0 aliphatic rings. The van der Waals surface area contributed by atoms with E-state index in [-0.39, 0.29) is 0 Å². The fraction of sp³-hybridized carbons (Fsp3) is 0.533. The topological polar surface area (TPSA) is 63.8 Å². The lowest BCUT2D eigenvalue weighted by atomic mass is 10.2. The maximum absolute atomic E-state index is 5.28. The zero-order valence-corrected chi connectivity index (χ0v) is 12.4. The highest BCUT2D eigenvalue weighted by molar-refractivity contribution is 5.47. The van der Waals surface area contributed by atoms with Gasteiger partial charge in [0, 0.05) is 18.2 Å². The van der Waals surface area contributed by atoms with Crippen molar-refractivity contribution in [2.24, 2.45) is 0 Å². The van der Waals surface area contributed by atoms with Gasteiger partial charge in [-0.1, -0.05) is 18.1 Å². The van der Waals surface area contributed by atoms with E-state index in [0.717, 1.165) is 37.2 Å². The molecule has 0 bridgehead atoms. The van der Waals surface area contributed by atoms with Crippen LogP contribution < -0.4 is 5.32 Å². The molecule has 0 aromatic carbocycles. The minimum atomic E-state index is 0.461. The largest absolute Gasteiger partial charge is 0.339 e. The Labute approximate surface area is 119 Å². The highest BCUT2D eigenvalue weighted by Crippen LogP contribution is 2.14. The molecule has 1 unspecified atom stereocenters. The van der Waals surface area contributed by atoms with Crippen molar-refractivity contribution in [2.45, 2.75) is 46.1 Å². The quantitative estimate of drug-likeness (QED) is 0.841. The Balaban J connectivity index is 1.92. The Morgan fingerprint density at radius 3 is 2.90 bits per heavy atom. The minimum Gasteiger partial charge on any atom is -0.339 e. The summed E-state index contributed by atoms with van der Waals surface area (Å²) >= 11 is 0. The molecule has 0 saturated heterocycles. The average Bonchev–Trinajstić information content (AvgIpc) is 2.92. The van der Waals surface area contributed by atoms with Crippen LogP contribution in [0.25, 0.3) is 11.5 Å². The maximum atomic E-state index is 5.28. The van der Waals surface area contributed by atoms with E-state index in [4.69, 9.17) is 4.52 Å². The molecule has 0 spiro atoms. The summed E-state index contributed by atoms with van der Waals surface area (Å²) < 4.78 is 5.28. The van der Waals surface area contributed by atoms with Crippen LogP contribution in [0.3, 0.4) is 0 Å². The molecular formula is C15H22N4O. The van der Waals surface area contributed by atoms with E-state index in [1.165, 1.54) is 0 Å². The van der Waals surface area contributed by atoms with Crippen LogP contribution in [0.1, 0.15) is 38.3 Å². The van der Waals surface area contributed by atoms with Gasteiger partial charge in [-0.25, -0.2) is 4.98 Å². The number of nitrogens with one attached hydrogen (secondary N) is 1. The van der Waals surface area contributed by atoms with Gasteiger partial charge in [0.05, 0.1) is 0 Å². The van der Waals surface area contributed by atoms with Gasteiger partial charge in [-0.15, -0.1) is 0 Å². The van der Waals surface area contributed by atoms with Crippen LogP contribution in [0.4, 0.5) is 0 Å². The van der Waals surface area contributed by atoms with E-state index in [0.29, 0.717) is 17.8 Å². The molecule has 2 aromatic heterocycles. The summed E-state index contributed by atoms with van der Waals surface area (Å²) in [5.74, 6) is 1.24. The second-order valence-corrected chi connectivity index (χ2v) is 5.07. The standard InChI is InChI=1S/C15H22N4O/c1-4-10-16-11(2)8-9-14-18-15(19-20-14)13-7-5-6-12(3)17-13/h5-7,11,16H,4,8-10H2,1-3H3. The lowest BCUT2D eigenvalue weighted by Crippen LogP contribution is -2.27. The third-order valence-corrected chi connectivity index (χ3v) is 3.12. The molecule has 5 heteroatoms. The van der Waals surface area contributed by atoms with E-state index >= 15 is 0 Å². The van der Waals surface area contributed by atoms with E-state index in [9.17, 15) is 0 Å². The lowest BCUT2D eigenvalue weighted by Gasteiger charge is -2.10. The number of hydrogen-bond donors (Lipinski definition) is 1. The molecule has 2 heterocycles. The van der Waals surface area contributed by atoms with Crippen LogP contribution >= 0.6 is 0 Å². The van der Waals surface area contributed by atoms with Crippen LogP contribution in [-0.2, 0) is 6.42 Å². The van der Waals surface area contributed by atoms with Gasteiger partial charge in [0.2, 0.25) is 11.7 Å². The smallest absolute Gasteiger partial charge is 0.227 e. The van der Waals surface area contributed by atoms with Crippen LogP contribution in [0.15, 0.2) is 22.7 Å². The summed E-state index contributed by atoms with van der Waals surface area (Å²) in [7, 11) is 0. The van der Waals surface area contributed by atoms with E-state index in [2.05, 4.69) is 34.3 Å². The van der Waals surface area contributed by atoms with Crippen molar-refractivity contribution >= 4 is 0 Å². The molecule has 0 amide bonds. The molecule has 5 nitrogen and oxygen atoms in total. The Bertz CT molecular complexity index is 538. The summed E-state index contributed by atoms with van der Waals surface area (Å²) in [6.07, 6.45) is 2.92. The third-order valence-electron chi connectivity index (χ3n) is 3.12. The van der Waals surface area contributed by atoms with Gasteiger partial charge in [-0.2, -0.15) is 4.98 Å². The van der Waals surface area contributed by atoms with Crippen LogP contribution in [0, 0.1) is 6.92 Å². The van der Waals surface area contributed by atoms with E-state index in [1.54, 1.807) is 0 Å². The minimum absolute atomic E-state index is 0.461. The molecule has 1 N–H and O–H groups in total. The summed E-state index contributed by atoms with van der Waals surface area (Å²) in [6.45, 7) is 7.34. The summed E-state index contributed by atoms with van der Waals surface area (Å²) in [5, 5.41) is 7.44. The van der Waals surface area contributed by atoms with Crippen LogP contribution in [-0.4, -0.2) is 27.7 Å². The highest BCUT2D eigenvalue weighted by atomic mass is 16.5. The highest BCUT2D eigenvalue weighted by Gasteiger charge is 2.11. The fourth-order valence-electron chi connectivity index (χ4n) is 1.96. The lowest BCUT2D eigenvalue weighted by molar-refractivity contribution is 0.367. The first-order valence-electron chi connectivity index (χ1n) is 7.19. The van der Waals surface area contributed by atoms with Crippen molar-refractivity contribution in [3.05, 3.63) is 29.8 Å². The molecule has 0 aliphatic heterocycles. The van der Waals surface area contributed by atoms with Gasteiger partial charge >= 0.3 is 0 Å². The molecule has 0 saturated carbocycles. The summed E-state index contributed by atoms with van der Waals surface area (Å²) in [4.78, 5) is 8.80. The number of rotatable bonds is 7. The van der Waals surface area contributed by atoms with Gasteiger partial charge in [-0.05, 0) is 45.4 Å². The predicted molar refractivity (Wildman–Crippen MR) is 78.3 cm³/mol. The summed E-state index contributed by atoms with van der Waals surface area (Å²) in [6, 6.07) is 6.26. The first-order valence-corrected chi connectivity index (χ1v) is 7.19. The van der Waals surface area contributed by atoms with Gasteiger partial charge < -0.3 is 9.84 Å². The van der Waals surface area contributed by atoms with Crippen molar-refractivity contribution in [2.75, 3.05) is 6.54 Å². The SMILES string of the molecule is CCCNC(C)CCc1nc(-c2cccc(C)n2)no1. The molecule has 1 atom stereocenters. The molecule has 2 aromatic rings. The molecule has 0 aliphatic carbocycles. The fourth-order valence-corrected chi connectivity index (χ4v) is 1.96. The number of pyridine rings is 1. The predicted octanol–water partition coefficient (Wildman–Crippen LogP) is 2.76. The molecule has 108 valence electrons. The van der Waals surface area contributed by atoms with E-state index < -0.39 is 0 Å². The average molecular weight is 274 g/mol. The van der Waals surface area contributed by atoms with Crippen molar-refractivity contribution in [3.63, 3.8) is 0 Å². The molecule has 0 radical (unpaired) electrons. The van der Waals surface area contributed by atoms with Crippen molar-refractivity contribution in [1.82, 2.24) is 20.4 Å². The number of aromatic nitrogens is 3. The number of nitrogens with zero attached hydrogens (tertiary/aromatic N) is 3. The molecule has 20 heavy (non-hydrogen) atoms. The van der Waals surface area contributed by atoms with Crippen LogP contribution in [0.5, 0.6) is 0 Å². The van der Waals surface area contributed by atoms with Crippen LogP contribution in [0.2, 0.25) is 0 Å². The normalized spacial score (nSPS) is 12.6. The summed E-state index contributed by atoms with van der Waals surface area (Å²) in [5.41, 5.74) is 1.71.